The van der Waals surface area contributed by atoms with Crippen molar-refractivity contribution in [1.82, 2.24) is 5.32 Å². The Morgan fingerprint density at radius 1 is 1.30 bits per heavy atom. The molecular formula is C13H18F3NO2S. The predicted molar refractivity (Wildman–Crippen MR) is 72.3 cm³/mol. The SMILES string of the molecule is CNC(Cc1cccc(C(F)(F)F)c1)C(C)S(C)(=O)=O. The molecule has 2 unspecified atom stereocenters. The number of likely N-dealkylation sites (N-methyl/N-ethyl adjacent to an activating group) is 1. The van der Waals surface area contributed by atoms with E-state index in [9.17, 15) is 21.6 Å². The molecule has 0 aliphatic rings. The molecule has 2 atom stereocenters. The number of nitrogens with one attached hydrogen (secondary N) is 1. The first-order valence-electron chi connectivity index (χ1n) is 6.08. The maximum atomic E-state index is 12.6. The van der Waals surface area contributed by atoms with E-state index in [1.54, 1.807) is 20.0 Å². The van der Waals surface area contributed by atoms with Gasteiger partial charge in [-0.15, -0.1) is 0 Å². The van der Waals surface area contributed by atoms with Crippen LogP contribution in [-0.2, 0) is 22.4 Å². The van der Waals surface area contributed by atoms with Crippen molar-refractivity contribution in [2.24, 2.45) is 0 Å². The molecule has 1 aromatic carbocycles. The molecule has 0 aromatic heterocycles. The standard InChI is InChI=1S/C13H18F3NO2S/c1-9(20(3,18)19)12(17-2)8-10-5-4-6-11(7-10)13(14,15)16/h4-7,9,12,17H,8H2,1-3H3. The summed E-state index contributed by atoms with van der Waals surface area (Å²) in [6.07, 6.45) is -3.06. The predicted octanol–water partition coefficient (Wildman–Crippen LogP) is 2.27. The van der Waals surface area contributed by atoms with Crippen molar-refractivity contribution < 1.29 is 21.6 Å². The minimum Gasteiger partial charge on any atom is -0.315 e. The van der Waals surface area contributed by atoms with Gasteiger partial charge < -0.3 is 5.32 Å². The molecule has 20 heavy (non-hydrogen) atoms. The summed E-state index contributed by atoms with van der Waals surface area (Å²) in [4.78, 5) is 0. The summed E-state index contributed by atoms with van der Waals surface area (Å²) < 4.78 is 60.9. The van der Waals surface area contributed by atoms with Crippen molar-refractivity contribution in [3.05, 3.63) is 35.4 Å². The van der Waals surface area contributed by atoms with Crippen LogP contribution in [0, 0.1) is 0 Å². The number of halogens is 3. The average molecular weight is 309 g/mol. The smallest absolute Gasteiger partial charge is 0.315 e. The Bertz CT molecular complexity index is 555. The summed E-state index contributed by atoms with van der Waals surface area (Å²) in [5.74, 6) is 0. The van der Waals surface area contributed by atoms with E-state index in [0.717, 1.165) is 18.4 Å². The molecule has 0 radical (unpaired) electrons. The molecule has 0 bridgehead atoms. The van der Waals surface area contributed by atoms with Crippen LogP contribution in [0.5, 0.6) is 0 Å². The monoisotopic (exact) mass is 309 g/mol. The molecular weight excluding hydrogens is 291 g/mol. The fourth-order valence-corrected chi connectivity index (χ4v) is 2.76. The highest BCUT2D eigenvalue weighted by Gasteiger charge is 2.31. The zero-order valence-corrected chi connectivity index (χ0v) is 12.3. The van der Waals surface area contributed by atoms with Gasteiger partial charge in [-0.1, -0.05) is 18.2 Å². The topological polar surface area (TPSA) is 46.2 Å². The molecule has 0 aliphatic carbocycles. The summed E-state index contributed by atoms with van der Waals surface area (Å²) in [6.45, 7) is 1.55. The van der Waals surface area contributed by atoms with Gasteiger partial charge in [0.25, 0.3) is 0 Å². The minimum absolute atomic E-state index is 0.217. The molecule has 0 spiro atoms. The van der Waals surface area contributed by atoms with Crippen LogP contribution in [0.3, 0.4) is 0 Å². The van der Waals surface area contributed by atoms with Crippen LogP contribution in [-0.4, -0.2) is 33.0 Å². The quantitative estimate of drug-likeness (QED) is 0.907. The fraction of sp³-hybridized carbons (Fsp3) is 0.538. The lowest BCUT2D eigenvalue weighted by atomic mass is 10.0. The van der Waals surface area contributed by atoms with Crippen molar-refractivity contribution in [3.63, 3.8) is 0 Å². The number of alkyl halides is 3. The van der Waals surface area contributed by atoms with Crippen molar-refractivity contribution in [3.8, 4) is 0 Å². The summed E-state index contributed by atoms with van der Waals surface area (Å²) in [5, 5.41) is 2.18. The fourth-order valence-electron chi connectivity index (χ4n) is 1.93. The van der Waals surface area contributed by atoms with Gasteiger partial charge in [-0.3, -0.25) is 0 Å². The highest BCUT2D eigenvalue weighted by atomic mass is 32.2. The van der Waals surface area contributed by atoms with Gasteiger partial charge in [0, 0.05) is 12.3 Å². The van der Waals surface area contributed by atoms with Gasteiger partial charge in [-0.05, 0) is 32.0 Å². The Balaban J connectivity index is 2.97. The molecule has 0 amide bonds. The number of hydrogen-bond donors (Lipinski definition) is 1. The molecule has 7 heteroatoms. The lowest BCUT2D eigenvalue weighted by Crippen LogP contribution is -2.42. The molecule has 0 fully saturated rings. The summed E-state index contributed by atoms with van der Waals surface area (Å²) in [5.41, 5.74) is -0.272. The summed E-state index contributed by atoms with van der Waals surface area (Å²) in [7, 11) is -1.66. The van der Waals surface area contributed by atoms with E-state index >= 15 is 0 Å². The van der Waals surface area contributed by atoms with Gasteiger partial charge >= 0.3 is 6.18 Å². The third kappa shape index (κ3) is 4.49. The Hall–Kier alpha value is -1.08. The molecule has 1 N–H and O–H groups in total. The van der Waals surface area contributed by atoms with E-state index in [4.69, 9.17) is 0 Å². The molecule has 0 heterocycles. The number of sulfone groups is 1. The maximum absolute atomic E-state index is 12.6. The molecule has 114 valence electrons. The second-order valence-electron chi connectivity index (χ2n) is 4.83. The van der Waals surface area contributed by atoms with E-state index in [2.05, 4.69) is 5.32 Å². The van der Waals surface area contributed by atoms with E-state index in [1.165, 1.54) is 6.07 Å². The highest BCUT2D eigenvalue weighted by molar-refractivity contribution is 7.91. The van der Waals surface area contributed by atoms with E-state index in [1.807, 2.05) is 0 Å². The maximum Gasteiger partial charge on any atom is 0.416 e. The van der Waals surface area contributed by atoms with E-state index < -0.39 is 32.9 Å². The Kier molecular flexibility index (Phi) is 5.21. The second-order valence-corrected chi connectivity index (χ2v) is 7.23. The molecule has 0 saturated carbocycles. The highest BCUT2D eigenvalue weighted by Crippen LogP contribution is 2.29. The van der Waals surface area contributed by atoms with Gasteiger partial charge in [0.05, 0.1) is 10.8 Å². The van der Waals surface area contributed by atoms with Crippen LogP contribution in [0.15, 0.2) is 24.3 Å². The van der Waals surface area contributed by atoms with Crippen molar-refractivity contribution >= 4 is 9.84 Å². The van der Waals surface area contributed by atoms with E-state index in [0.29, 0.717) is 5.56 Å². The average Bonchev–Trinajstić information content (AvgIpc) is 2.33. The first-order chi connectivity index (χ1) is 9.05. The first kappa shape index (κ1) is 17.0. The normalized spacial score (nSPS) is 15.9. The Morgan fingerprint density at radius 2 is 1.90 bits per heavy atom. The molecule has 0 saturated heterocycles. The van der Waals surface area contributed by atoms with Gasteiger partial charge in [-0.2, -0.15) is 13.2 Å². The summed E-state index contributed by atoms with van der Waals surface area (Å²) >= 11 is 0. The Morgan fingerprint density at radius 3 is 2.35 bits per heavy atom. The van der Waals surface area contributed by atoms with Crippen LogP contribution in [0.25, 0.3) is 0 Å². The Labute approximate surface area is 117 Å². The molecule has 3 nitrogen and oxygen atoms in total. The second kappa shape index (κ2) is 6.13. The number of hydrogen-bond acceptors (Lipinski definition) is 3. The van der Waals surface area contributed by atoms with Crippen LogP contribution >= 0.6 is 0 Å². The van der Waals surface area contributed by atoms with Gasteiger partial charge in [0.15, 0.2) is 9.84 Å². The van der Waals surface area contributed by atoms with Gasteiger partial charge in [0.2, 0.25) is 0 Å². The van der Waals surface area contributed by atoms with Crippen LogP contribution in [0.2, 0.25) is 0 Å². The van der Waals surface area contributed by atoms with Gasteiger partial charge in [0.1, 0.15) is 0 Å². The third-order valence-corrected chi connectivity index (χ3v) is 5.00. The zero-order valence-electron chi connectivity index (χ0n) is 11.5. The van der Waals surface area contributed by atoms with Crippen LogP contribution in [0.4, 0.5) is 13.2 Å². The largest absolute Gasteiger partial charge is 0.416 e. The van der Waals surface area contributed by atoms with Crippen molar-refractivity contribution in [2.75, 3.05) is 13.3 Å². The number of rotatable bonds is 5. The van der Waals surface area contributed by atoms with Crippen molar-refractivity contribution in [2.45, 2.75) is 30.8 Å². The zero-order chi connectivity index (χ0) is 15.6. The third-order valence-electron chi connectivity index (χ3n) is 3.32. The van der Waals surface area contributed by atoms with Gasteiger partial charge in [-0.25, -0.2) is 8.42 Å². The number of benzene rings is 1. The van der Waals surface area contributed by atoms with Crippen molar-refractivity contribution in [1.29, 1.82) is 0 Å². The molecule has 1 rings (SSSR count). The van der Waals surface area contributed by atoms with Crippen LogP contribution < -0.4 is 5.32 Å². The van der Waals surface area contributed by atoms with Crippen LogP contribution in [0.1, 0.15) is 18.1 Å². The summed E-state index contributed by atoms with van der Waals surface area (Å²) in [6, 6.07) is 4.51. The first-order valence-corrected chi connectivity index (χ1v) is 8.03. The lowest BCUT2D eigenvalue weighted by molar-refractivity contribution is -0.137. The minimum atomic E-state index is -4.40. The molecule has 1 aromatic rings. The lowest BCUT2D eigenvalue weighted by Gasteiger charge is -2.22. The van der Waals surface area contributed by atoms with E-state index in [-0.39, 0.29) is 6.42 Å². The molecule has 0 aliphatic heterocycles.